The van der Waals surface area contributed by atoms with Crippen molar-refractivity contribution in [2.45, 2.75) is 26.6 Å². The third kappa shape index (κ3) is 5.65. The zero-order valence-electron chi connectivity index (χ0n) is 20.3. The lowest BCUT2D eigenvalue weighted by Crippen LogP contribution is -2.36. The second-order valence-electron chi connectivity index (χ2n) is 8.25. The van der Waals surface area contributed by atoms with Crippen molar-refractivity contribution < 1.29 is 32.5 Å². The molecule has 1 N–H and O–H groups in total. The van der Waals surface area contributed by atoms with E-state index < -0.39 is 18.3 Å². The Balaban J connectivity index is 1.76. The first-order valence-electron chi connectivity index (χ1n) is 11.6. The number of amides is 1. The van der Waals surface area contributed by atoms with Crippen LogP contribution in [0.2, 0.25) is 0 Å². The van der Waals surface area contributed by atoms with Crippen LogP contribution in [0.5, 0.6) is 5.88 Å². The standard InChI is InChI=1S/C25H26F3N5O4/c1-3-37-24-23(32-6-8-36-9-7-32)12-22(30-31-24)20-10-19(13-29-16(20)2)33(15-35)18-5-4-17(14-34)21(11-18)25(26,27)28/h4-5,10-13,15,34H,3,6-9,14H2,1-2H3. The number of aryl methyl sites for hydroxylation is 1. The second kappa shape index (κ2) is 11.1. The van der Waals surface area contributed by atoms with Crippen LogP contribution < -0.4 is 14.5 Å². The number of hydrogen-bond donors (Lipinski definition) is 1. The van der Waals surface area contributed by atoms with Crippen molar-refractivity contribution in [1.82, 2.24) is 15.2 Å². The highest BCUT2D eigenvalue weighted by Gasteiger charge is 2.34. The van der Waals surface area contributed by atoms with Crippen LogP contribution in [0.3, 0.4) is 0 Å². The lowest BCUT2D eigenvalue weighted by molar-refractivity contribution is -0.138. The zero-order chi connectivity index (χ0) is 26.6. The normalized spacial score (nSPS) is 13.9. The van der Waals surface area contributed by atoms with Crippen LogP contribution >= 0.6 is 0 Å². The Bertz CT molecular complexity index is 1270. The summed E-state index contributed by atoms with van der Waals surface area (Å²) in [6, 6.07) is 6.75. The van der Waals surface area contributed by atoms with Crippen LogP contribution in [0, 0.1) is 6.92 Å². The number of ether oxygens (including phenoxy) is 2. The van der Waals surface area contributed by atoms with Gasteiger partial charge in [0.25, 0.3) is 5.88 Å². The van der Waals surface area contributed by atoms with Gasteiger partial charge >= 0.3 is 6.18 Å². The Hall–Kier alpha value is -3.77. The molecule has 4 rings (SSSR count). The molecule has 0 spiro atoms. The maximum Gasteiger partial charge on any atom is 0.416 e. The molecule has 0 unspecified atom stereocenters. The van der Waals surface area contributed by atoms with E-state index >= 15 is 0 Å². The molecular weight excluding hydrogens is 491 g/mol. The summed E-state index contributed by atoms with van der Waals surface area (Å²) in [5.41, 5.74) is 1.25. The topological polar surface area (TPSA) is 101 Å². The van der Waals surface area contributed by atoms with Gasteiger partial charge in [-0.15, -0.1) is 10.2 Å². The third-order valence-corrected chi connectivity index (χ3v) is 5.95. The van der Waals surface area contributed by atoms with Gasteiger partial charge in [0.05, 0.1) is 49.6 Å². The summed E-state index contributed by atoms with van der Waals surface area (Å²) in [6.45, 7) is 5.64. The monoisotopic (exact) mass is 517 g/mol. The zero-order valence-corrected chi connectivity index (χ0v) is 20.3. The van der Waals surface area contributed by atoms with E-state index in [0.29, 0.717) is 62.2 Å². The minimum Gasteiger partial charge on any atom is -0.475 e. The van der Waals surface area contributed by atoms with Crippen molar-refractivity contribution in [3.05, 3.63) is 53.3 Å². The van der Waals surface area contributed by atoms with Crippen molar-refractivity contribution in [3.8, 4) is 17.1 Å². The molecule has 2 aromatic heterocycles. The summed E-state index contributed by atoms with van der Waals surface area (Å²) in [7, 11) is 0. The fourth-order valence-corrected chi connectivity index (χ4v) is 4.07. The summed E-state index contributed by atoms with van der Waals surface area (Å²) in [6.07, 6.45) is -2.90. The summed E-state index contributed by atoms with van der Waals surface area (Å²) < 4.78 is 51.7. The first-order chi connectivity index (χ1) is 17.8. The Morgan fingerprint density at radius 3 is 2.57 bits per heavy atom. The number of aromatic nitrogens is 3. The number of pyridine rings is 1. The van der Waals surface area contributed by atoms with Crippen molar-refractivity contribution in [2.75, 3.05) is 42.7 Å². The smallest absolute Gasteiger partial charge is 0.416 e. The molecule has 12 heteroatoms. The van der Waals surface area contributed by atoms with E-state index in [4.69, 9.17) is 9.47 Å². The predicted octanol–water partition coefficient (Wildman–Crippen LogP) is 3.89. The van der Waals surface area contributed by atoms with E-state index in [1.165, 1.54) is 12.3 Å². The summed E-state index contributed by atoms with van der Waals surface area (Å²) in [5.74, 6) is 0.382. The second-order valence-corrected chi connectivity index (χ2v) is 8.25. The number of carbonyl (C=O) groups is 1. The molecule has 0 atom stereocenters. The van der Waals surface area contributed by atoms with Gasteiger partial charge < -0.3 is 19.5 Å². The molecular formula is C25H26F3N5O4. The first-order valence-corrected chi connectivity index (χ1v) is 11.6. The van der Waals surface area contributed by atoms with Gasteiger partial charge in [0, 0.05) is 30.0 Å². The van der Waals surface area contributed by atoms with Crippen LogP contribution in [0.4, 0.5) is 30.2 Å². The molecule has 0 bridgehead atoms. The van der Waals surface area contributed by atoms with Crippen molar-refractivity contribution in [1.29, 1.82) is 0 Å². The molecule has 1 amide bonds. The number of aliphatic hydroxyl groups excluding tert-OH is 1. The molecule has 0 aliphatic carbocycles. The molecule has 1 aliphatic heterocycles. The average Bonchev–Trinajstić information content (AvgIpc) is 2.90. The third-order valence-electron chi connectivity index (χ3n) is 5.95. The highest BCUT2D eigenvalue weighted by atomic mass is 19.4. The molecule has 3 heterocycles. The highest BCUT2D eigenvalue weighted by Crippen LogP contribution is 2.37. The van der Waals surface area contributed by atoms with Gasteiger partial charge in [-0.25, -0.2) is 0 Å². The number of carbonyl (C=O) groups excluding carboxylic acids is 1. The molecule has 0 radical (unpaired) electrons. The molecule has 9 nitrogen and oxygen atoms in total. The summed E-state index contributed by atoms with van der Waals surface area (Å²) in [5, 5.41) is 17.9. The fourth-order valence-electron chi connectivity index (χ4n) is 4.07. The minimum absolute atomic E-state index is 0.0251. The lowest BCUT2D eigenvalue weighted by Gasteiger charge is -2.29. The summed E-state index contributed by atoms with van der Waals surface area (Å²) in [4.78, 5) is 19.5. The SMILES string of the molecule is CCOc1nnc(-c2cc(N(C=O)c3ccc(CO)c(C(F)(F)F)c3)cnc2C)cc1N1CCOCC1. The number of morpholine rings is 1. The number of rotatable bonds is 8. The Morgan fingerprint density at radius 1 is 1.16 bits per heavy atom. The molecule has 1 aliphatic rings. The maximum absolute atomic E-state index is 13.5. The van der Waals surface area contributed by atoms with Crippen molar-refractivity contribution in [2.24, 2.45) is 0 Å². The molecule has 196 valence electrons. The molecule has 1 aromatic carbocycles. The van der Waals surface area contributed by atoms with Gasteiger partial charge in [0.1, 0.15) is 5.69 Å². The van der Waals surface area contributed by atoms with Crippen LogP contribution in [0.1, 0.15) is 23.7 Å². The molecule has 3 aromatic rings. The Morgan fingerprint density at radius 2 is 1.92 bits per heavy atom. The summed E-state index contributed by atoms with van der Waals surface area (Å²) >= 11 is 0. The van der Waals surface area contributed by atoms with Crippen LogP contribution in [-0.4, -0.2) is 59.6 Å². The van der Waals surface area contributed by atoms with Gasteiger partial charge in [0.15, 0.2) is 0 Å². The number of hydrogen-bond acceptors (Lipinski definition) is 8. The van der Waals surface area contributed by atoms with Gasteiger partial charge in [0.2, 0.25) is 6.41 Å². The van der Waals surface area contributed by atoms with E-state index in [-0.39, 0.29) is 16.9 Å². The van der Waals surface area contributed by atoms with E-state index in [2.05, 4.69) is 20.1 Å². The predicted molar refractivity (Wildman–Crippen MR) is 130 cm³/mol. The number of benzene rings is 1. The Labute approximate surface area is 211 Å². The fraction of sp³-hybridized carbons (Fsp3) is 0.360. The Kier molecular flexibility index (Phi) is 7.89. The van der Waals surface area contributed by atoms with Crippen LogP contribution in [0.25, 0.3) is 11.3 Å². The highest BCUT2D eigenvalue weighted by molar-refractivity contribution is 5.88. The largest absolute Gasteiger partial charge is 0.475 e. The molecule has 1 fully saturated rings. The quantitative estimate of drug-likeness (QED) is 0.450. The lowest BCUT2D eigenvalue weighted by atomic mass is 10.1. The number of halogens is 3. The van der Waals surface area contributed by atoms with E-state index in [0.717, 1.165) is 22.7 Å². The number of nitrogens with zero attached hydrogens (tertiary/aromatic N) is 5. The van der Waals surface area contributed by atoms with Crippen LogP contribution in [0.15, 0.2) is 36.5 Å². The maximum atomic E-state index is 13.5. The molecule has 37 heavy (non-hydrogen) atoms. The number of aliphatic hydroxyl groups is 1. The van der Waals surface area contributed by atoms with Gasteiger partial charge in [-0.05, 0) is 43.7 Å². The molecule has 0 saturated carbocycles. The van der Waals surface area contributed by atoms with Gasteiger partial charge in [-0.1, -0.05) is 6.07 Å². The van der Waals surface area contributed by atoms with Gasteiger partial charge in [-0.2, -0.15) is 13.2 Å². The first kappa shape index (κ1) is 26.3. The van der Waals surface area contributed by atoms with E-state index in [1.807, 2.05) is 13.0 Å². The minimum atomic E-state index is -4.70. The number of anilines is 3. The van der Waals surface area contributed by atoms with E-state index in [1.54, 1.807) is 13.0 Å². The van der Waals surface area contributed by atoms with Crippen LogP contribution in [-0.2, 0) is 22.3 Å². The molecule has 1 saturated heterocycles. The average molecular weight is 518 g/mol. The van der Waals surface area contributed by atoms with Gasteiger partial charge in [-0.3, -0.25) is 14.7 Å². The number of alkyl halides is 3. The van der Waals surface area contributed by atoms with E-state index in [9.17, 15) is 23.1 Å². The van der Waals surface area contributed by atoms with Crippen molar-refractivity contribution in [3.63, 3.8) is 0 Å². The van der Waals surface area contributed by atoms with Crippen molar-refractivity contribution >= 4 is 23.5 Å².